The standard InChI is InChI=1S/C9H14F2N2O.C3H8/c1-2-7(12)6-4-3-5-14-8(6)13-9(10)11;1-3-2/h9H,2-5,12H2,1H3;3H2,1-2H3/b7-6-,13-8-;. The molecule has 0 amide bonds. The van der Waals surface area contributed by atoms with E-state index in [9.17, 15) is 8.78 Å². The Kier molecular flexibility index (Phi) is 8.36. The lowest BCUT2D eigenvalue weighted by atomic mass is 10.0. The van der Waals surface area contributed by atoms with Gasteiger partial charge in [-0.05, 0) is 19.3 Å². The van der Waals surface area contributed by atoms with Gasteiger partial charge in [0, 0.05) is 11.3 Å². The molecule has 0 aliphatic carbocycles. The minimum absolute atomic E-state index is 0.0191. The van der Waals surface area contributed by atoms with E-state index in [-0.39, 0.29) is 5.90 Å². The molecule has 1 heterocycles. The maximum Gasteiger partial charge on any atom is 0.334 e. The van der Waals surface area contributed by atoms with Crippen LogP contribution in [0.5, 0.6) is 0 Å². The molecule has 0 aromatic rings. The van der Waals surface area contributed by atoms with E-state index < -0.39 is 6.55 Å². The lowest BCUT2D eigenvalue weighted by Crippen LogP contribution is -2.21. The fourth-order valence-corrected chi connectivity index (χ4v) is 1.33. The first kappa shape index (κ1) is 15.9. The second-order valence-electron chi connectivity index (χ2n) is 3.73. The zero-order valence-corrected chi connectivity index (χ0v) is 10.8. The number of alkyl halides is 2. The molecule has 0 unspecified atom stereocenters. The molecule has 1 fully saturated rings. The molecule has 5 heteroatoms. The first-order valence-electron chi connectivity index (χ1n) is 6.03. The third-order valence-corrected chi connectivity index (χ3v) is 2.05. The fourth-order valence-electron chi connectivity index (χ4n) is 1.33. The van der Waals surface area contributed by atoms with Crippen LogP contribution in [0.2, 0.25) is 0 Å². The van der Waals surface area contributed by atoms with E-state index in [2.05, 4.69) is 18.8 Å². The van der Waals surface area contributed by atoms with Gasteiger partial charge in [-0.25, -0.2) is 0 Å². The molecule has 17 heavy (non-hydrogen) atoms. The SMILES string of the molecule is CC/C(N)=C1\CCCO\C1=N/C(F)F.CCC. The summed E-state index contributed by atoms with van der Waals surface area (Å²) in [5.74, 6) is 0.0191. The molecule has 1 rings (SSSR count). The number of aliphatic imine (C=N–C) groups is 1. The largest absolute Gasteiger partial charge is 0.478 e. The molecule has 0 atom stereocenters. The van der Waals surface area contributed by atoms with E-state index in [1.165, 1.54) is 6.42 Å². The quantitative estimate of drug-likeness (QED) is 0.761. The second-order valence-corrected chi connectivity index (χ2v) is 3.73. The second kappa shape index (κ2) is 8.96. The summed E-state index contributed by atoms with van der Waals surface area (Å²) in [5.41, 5.74) is 6.91. The molecule has 0 spiro atoms. The summed E-state index contributed by atoms with van der Waals surface area (Å²) in [6.07, 6.45) is 3.35. The van der Waals surface area contributed by atoms with Crippen molar-refractivity contribution in [1.29, 1.82) is 0 Å². The molecule has 0 saturated carbocycles. The zero-order chi connectivity index (χ0) is 13.3. The molecule has 0 aromatic carbocycles. The summed E-state index contributed by atoms with van der Waals surface area (Å²) in [5, 5.41) is 0. The Balaban J connectivity index is 0.000000770. The van der Waals surface area contributed by atoms with Crippen molar-refractivity contribution in [3.05, 3.63) is 11.3 Å². The molecule has 0 aromatic heterocycles. The number of nitrogens with two attached hydrogens (primary N) is 1. The van der Waals surface area contributed by atoms with Gasteiger partial charge in [-0.1, -0.05) is 27.2 Å². The van der Waals surface area contributed by atoms with E-state index in [4.69, 9.17) is 10.5 Å². The van der Waals surface area contributed by atoms with Crippen molar-refractivity contribution in [3.63, 3.8) is 0 Å². The minimum atomic E-state index is -2.73. The van der Waals surface area contributed by atoms with Crippen LogP contribution in [0.25, 0.3) is 0 Å². The highest BCUT2D eigenvalue weighted by Gasteiger charge is 2.18. The Morgan fingerprint density at radius 1 is 1.41 bits per heavy atom. The van der Waals surface area contributed by atoms with Crippen LogP contribution >= 0.6 is 0 Å². The van der Waals surface area contributed by atoms with Gasteiger partial charge in [-0.3, -0.25) is 0 Å². The Morgan fingerprint density at radius 3 is 2.47 bits per heavy atom. The Labute approximate surface area is 102 Å². The van der Waals surface area contributed by atoms with Crippen LogP contribution in [-0.4, -0.2) is 19.1 Å². The third-order valence-electron chi connectivity index (χ3n) is 2.05. The summed E-state index contributed by atoms with van der Waals surface area (Å²) in [6.45, 7) is 3.82. The minimum Gasteiger partial charge on any atom is -0.478 e. The average molecular weight is 248 g/mol. The maximum atomic E-state index is 12.0. The highest BCUT2D eigenvalue weighted by Crippen LogP contribution is 2.19. The number of ether oxygens (including phenoxy) is 1. The Bertz CT molecular complexity index is 276. The summed E-state index contributed by atoms with van der Waals surface area (Å²) < 4.78 is 29.1. The van der Waals surface area contributed by atoms with Crippen LogP contribution in [0.3, 0.4) is 0 Å². The van der Waals surface area contributed by atoms with Crippen LogP contribution in [0.15, 0.2) is 16.3 Å². The van der Waals surface area contributed by atoms with Crippen molar-refractivity contribution >= 4 is 5.90 Å². The molecule has 0 radical (unpaired) electrons. The van der Waals surface area contributed by atoms with Crippen molar-refractivity contribution in [1.82, 2.24) is 0 Å². The third kappa shape index (κ3) is 6.24. The average Bonchev–Trinajstić information content (AvgIpc) is 2.29. The topological polar surface area (TPSA) is 47.6 Å². The maximum absolute atomic E-state index is 12.0. The fraction of sp³-hybridized carbons (Fsp3) is 0.750. The van der Waals surface area contributed by atoms with Gasteiger partial charge < -0.3 is 10.5 Å². The van der Waals surface area contributed by atoms with Crippen LogP contribution in [0, 0.1) is 0 Å². The van der Waals surface area contributed by atoms with Gasteiger partial charge in [-0.2, -0.15) is 13.8 Å². The van der Waals surface area contributed by atoms with Crippen LogP contribution in [-0.2, 0) is 4.74 Å². The van der Waals surface area contributed by atoms with Gasteiger partial charge in [0.2, 0.25) is 5.90 Å². The highest BCUT2D eigenvalue weighted by atomic mass is 19.3. The normalized spacial score (nSPS) is 20.7. The first-order valence-corrected chi connectivity index (χ1v) is 6.03. The molecular formula is C12H22F2N2O. The van der Waals surface area contributed by atoms with Gasteiger partial charge in [0.15, 0.2) is 0 Å². The number of nitrogens with zero attached hydrogens (tertiary/aromatic N) is 1. The molecular weight excluding hydrogens is 226 g/mol. The van der Waals surface area contributed by atoms with Crippen molar-refractivity contribution in [2.45, 2.75) is 53.0 Å². The van der Waals surface area contributed by atoms with Crippen molar-refractivity contribution in [2.75, 3.05) is 6.61 Å². The van der Waals surface area contributed by atoms with Gasteiger partial charge in [-0.15, -0.1) is 0 Å². The van der Waals surface area contributed by atoms with Gasteiger partial charge in [0.1, 0.15) is 0 Å². The summed E-state index contributed by atoms with van der Waals surface area (Å²) in [6, 6.07) is 0. The number of rotatable bonds is 2. The lowest BCUT2D eigenvalue weighted by molar-refractivity contribution is 0.152. The predicted molar refractivity (Wildman–Crippen MR) is 66.1 cm³/mol. The van der Waals surface area contributed by atoms with E-state index in [0.717, 1.165) is 6.42 Å². The summed E-state index contributed by atoms with van der Waals surface area (Å²) >= 11 is 0. The number of hydrogen-bond acceptors (Lipinski definition) is 3. The van der Waals surface area contributed by atoms with E-state index in [0.29, 0.717) is 30.7 Å². The number of halogens is 2. The van der Waals surface area contributed by atoms with Crippen LogP contribution in [0.1, 0.15) is 46.5 Å². The van der Waals surface area contributed by atoms with Gasteiger partial charge in [0.05, 0.1) is 6.61 Å². The molecule has 1 saturated heterocycles. The smallest absolute Gasteiger partial charge is 0.334 e. The molecule has 1 aliphatic rings. The van der Waals surface area contributed by atoms with Crippen molar-refractivity contribution < 1.29 is 13.5 Å². The number of allylic oxidation sites excluding steroid dienone is 1. The Hall–Kier alpha value is -1.13. The highest BCUT2D eigenvalue weighted by molar-refractivity contribution is 5.94. The molecule has 100 valence electrons. The predicted octanol–water partition coefficient (Wildman–Crippen LogP) is 3.46. The Morgan fingerprint density at radius 2 is 2.00 bits per heavy atom. The molecule has 1 aliphatic heterocycles. The molecule has 2 N–H and O–H groups in total. The van der Waals surface area contributed by atoms with Gasteiger partial charge in [0.25, 0.3) is 0 Å². The van der Waals surface area contributed by atoms with E-state index in [1.54, 1.807) is 0 Å². The summed E-state index contributed by atoms with van der Waals surface area (Å²) in [4.78, 5) is 3.11. The van der Waals surface area contributed by atoms with Gasteiger partial charge >= 0.3 is 6.55 Å². The van der Waals surface area contributed by atoms with Crippen molar-refractivity contribution in [2.24, 2.45) is 10.7 Å². The monoisotopic (exact) mass is 248 g/mol. The molecule has 0 bridgehead atoms. The van der Waals surface area contributed by atoms with E-state index in [1.807, 2.05) is 6.92 Å². The van der Waals surface area contributed by atoms with Crippen LogP contribution < -0.4 is 5.73 Å². The van der Waals surface area contributed by atoms with E-state index >= 15 is 0 Å². The summed E-state index contributed by atoms with van der Waals surface area (Å²) in [7, 11) is 0. The number of hydrogen-bond donors (Lipinski definition) is 1. The van der Waals surface area contributed by atoms with Crippen molar-refractivity contribution in [3.8, 4) is 0 Å². The first-order chi connectivity index (χ1) is 8.06. The van der Waals surface area contributed by atoms with Crippen LogP contribution in [0.4, 0.5) is 8.78 Å². The zero-order valence-electron chi connectivity index (χ0n) is 10.8. The lowest BCUT2D eigenvalue weighted by Gasteiger charge is -2.19. The molecule has 3 nitrogen and oxygen atoms in total.